The number of amides is 1. The lowest BCUT2D eigenvalue weighted by Gasteiger charge is -2.32. The molecule has 1 heterocycles. The third-order valence-corrected chi connectivity index (χ3v) is 4.74. The highest BCUT2D eigenvalue weighted by Crippen LogP contribution is 2.26. The lowest BCUT2D eigenvalue weighted by atomic mass is 9.90. The molecule has 0 bridgehead atoms. The number of hydrogen-bond acceptors (Lipinski definition) is 3. The van der Waals surface area contributed by atoms with E-state index >= 15 is 0 Å². The van der Waals surface area contributed by atoms with Crippen LogP contribution in [0.2, 0.25) is 0 Å². The summed E-state index contributed by atoms with van der Waals surface area (Å²) >= 11 is 1.88. The van der Waals surface area contributed by atoms with E-state index in [0.29, 0.717) is 12.5 Å². The summed E-state index contributed by atoms with van der Waals surface area (Å²) in [5, 5.41) is 13.3. The normalized spacial score (nSPS) is 20.7. The molecule has 4 heteroatoms. The minimum Gasteiger partial charge on any atom is -0.388 e. The maximum Gasteiger partial charge on any atom is 0.223 e. The molecule has 0 aromatic rings. The molecule has 0 aliphatic carbocycles. The molecular formula is C14H27NO2S. The Balaban J connectivity index is 2.43. The van der Waals surface area contributed by atoms with E-state index in [-0.39, 0.29) is 11.8 Å². The molecule has 18 heavy (non-hydrogen) atoms. The largest absolute Gasteiger partial charge is 0.388 e. The Hall–Kier alpha value is -0.220. The fourth-order valence-electron chi connectivity index (χ4n) is 2.39. The van der Waals surface area contributed by atoms with Crippen molar-refractivity contribution < 1.29 is 9.90 Å². The third kappa shape index (κ3) is 4.81. The second kappa shape index (κ2) is 7.39. The van der Waals surface area contributed by atoms with Gasteiger partial charge in [-0.15, -0.1) is 0 Å². The SMILES string of the molecule is CCCC(C(=O)NCC1(O)CCSCC1)C(C)C. The summed E-state index contributed by atoms with van der Waals surface area (Å²) < 4.78 is 0. The van der Waals surface area contributed by atoms with Crippen LogP contribution in [0.4, 0.5) is 0 Å². The first kappa shape index (κ1) is 15.8. The molecule has 106 valence electrons. The summed E-state index contributed by atoms with van der Waals surface area (Å²) in [4.78, 5) is 12.1. The summed E-state index contributed by atoms with van der Waals surface area (Å²) in [6.07, 6.45) is 3.53. The molecule has 0 aromatic carbocycles. The second-order valence-electron chi connectivity index (χ2n) is 5.69. The number of carbonyl (C=O) groups is 1. The zero-order chi connectivity index (χ0) is 13.6. The number of nitrogens with one attached hydrogen (secondary N) is 1. The Morgan fingerprint density at radius 1 is 1.39 bits per heavy atom. The van der Waals surface area contributed by atoms with Gasteiger partial charge in [-0.05, 0) is 36.7 Å². The number of carbonyl (C=O) groups excluding carboxylic acids is 1. The Labute approximate surface area is 115 Å². The zero-order valence-corrected chi connectivity index (χ0v) is 12.7. The van der Waals surface area contributed by atoms with Gasteiger partial charge in [0, 0.05) is 12.5 Å². The molecule has 0 aromatic heterocycles. The van der Waals surface area contributed by atoms with Crippen molar-refractivity contribution in [3.05, 3.63) is 0 Å². The van der Waals surface area contributed by atoms with Crippen molar-refractivity contribution >= 4 is 17.7 Å². The number of thioether (sulfide) groups is 1. The van der Waals surface area contributed by atoms with Gasteiger partial charge in [-0.25, -0.2) is 0 Å². The summed E-state index contributed by atoms with van der Waals surface area (Å²) in [7, 11) is 0. The van der Waals surface area contributed by atoms with Gasteiger partial charge in [-0.2, -0.15) is 11.8 Å². The van der Waals surface area contributed by atoms with Crippen LogP contribution >= 0.6 is 11.8 Å². The molecule has 3 nitrogen and oxygen atoms in total. The van der Waals surface area contributed by atoms with Crippen LogP contribution in [0.1, 0.15) is 46.5 Å². The molecule has 1 aliphatic rings. The van der Waals surface area contributed by atoms with Crippen LogP contribution < -0.4 is 5.32 Å². The van der Waals surface area contributed by atoms with Gasteiger partial charge in [0.1, 0.15) is 0 Å². The molecular weight excluding hydrogens is 246 g/mol. The molecule has 1 aliphatic heterocycles. The Bertz CT molecular complexity index is 263. The average molecular weight is 273 g/mol. The first-order chi connectivity index (χ1) is 8.48. The van der Waals surface area contributed by atoms with Crippen molar-refractivity contribution in [1.29, 1.82) is 0 Å². The maximum absolute atomic E-state index is 12.1. The Morgan fingerprint density at radius 3 is 2.50 bits per heavy atom. The molecule has 0 spiro atoms. The van der Waals surface area contributed by atoms with Crippen molar-refractivity contribution in [2.45, 2.75) is 52.1 Å². The Kier molecular flexibility index (Phi) is 6.50. The van der Waals surface area contributed by atoms with Gasteiger partial charge in [0.25, 0.3) is 0 Å². The van der Waals surface area contributed by atoms with Crippen molar-refractivity contribution in [2.75, 3.05) is 18.1 Å². The van der Waals surface area contributed by atoms with E-state index in [4.69, 9.17) is 0 Å². The monoisotopic (exact) mass is 273 g/mol. The number of rotatable bonds is 6. The molecule has 0 saturated carbocycles. The summed E-state index contributed by atoms with van der Waals surface area (Å²) in [6.45, 7) is 6.70. The first-order valence-corrected chi connectivity index (χ1v) is 8.22. The molecule has 0 radical (unpaired) electrons. The third-order valence-electron chi connectivity index (χ3n) is 3.76. The van der Waals surface area contributed by atoms with Crippen molar-refractivity contribution in [1.82, 2.24) is 5.32 Å². The van der Waals surface area contributed by atoms with Crippen LogP contribution in [0.5, 0.6) is 0 Å². The van der Waals surface area contributed by atoms with Crippen molar-refractivity contribution in [3.8, 4) is 0 Å². The quantitative estimate of drug-likeness (QED) is 0.781. The van der Waals surface area contributed by atoms with Crippen LogP contribution in [-0.2, 0) is 4.79 Å². The van der Waals surface area contributed by atoms with Gasteiger partial charge in [0.15, 0.2) is 0 Å². The van der Waals surface area contributed by atoms with Gasteiger partial charge >= 0.3 is 0 Å². The van der Waals surface area contributed by atoms with Crippen LogP contribution in [0.15, 0.2) is 0 Å². The fourth-order valence-corrected chi connectivity index (χ4v) is 3.64. The fraction of sp³-hybridized carbons (Fsp3) is 0.929. The van der Waals surface area contributed by atoms with E-state index in [1.807, 2.05) is 11.8 Å². The summed E-state index contributed by atoms with van der Waals surface area (Å²) in [5.41, 5.74) is -0.672. The average Bonchev–Trinajstić information content (AvgIpc) is 2.34. The van der Waals surface area contributed by atoms with E-state index in [1.165, 1.54) is 0 Å². The molecule has 1 rings (SSSR count). The smallest absolute Gasteiger partial charge is 0.223 e. The lowest BCUT2D eigenvalue weighted by molar-refractivity contribution is -0.128. The maximum atomic E-state index is 12.1. The van der Waals surface area contributed by atoms with Gasteiger partial charge in [-0.1, -0.05) is 27.2 Å². The standard InChI is InChI=1S/C14H27NO2S/c1-4-5-12(11(2)3)13(16)15-10-14(17)6-8-18-9-7-14/h11-12,17H,4-10H2,1-3H3,(H,15,16). The van der Waals surface area contributed by atoms with Crippen molar-refractivity contribution in [3.63, 3.8) is 0 Å². The highest BCUT2D eigenvalue weighted by molar-refractivity contribution is 7.99. The predicted molar refractivity (Wildman–Crippen MR) is 77.8 cm³/mol. The van der Waals surface area contributed by atoms with Gasteiger partial charge < -0.3 is 10.4 Å². The molecule has 1 unspecified atom stereocenters. The van der Waals surface area contributed by atoms with Crippen molar-refractivity contribution in [2.24, 2.45) is 11.8 Å². The molecule has 1 saturated heterocycles. The van der Waals surface area contributed by atoms with E-state index < -0.39 is 5.60 Å². The first-order valence-electron chi connectivity index (χ1n) is 7.06. The van der Waals surface area contributed by atoms with E-state index in [0.717, 1.165) is 37.2 Å². The molecule has 1 fully saturated rings. The van der Waals surface area contributed by atoms with Gasteiger partial charge in [-0.3, -0.25) is 4.79 Å². The minimum absolute atomic E-state index is 0.0802. The topological polar surface area (TPSA) is 49.3 Å². The van der Waals surface area contributed by atoms with Gasteiger partial charge in [0.2, 0.25) is 5.91 Å². The Morgan fingerprint density at radius 2 is 2.00 bits per heavy atom. The number of aliphatic hydroxyl groups is 1. The van der Waals surface area contributed by atoms with Crippen LogP contribution in [0.25, 0.3) is 0 Å². The molecule has 1 atom stereocenters. The number of hydrogen-bond donors (Lipinski definition) is 2. The van der Waals surface area contributed by atoms with E-state index in [2.05, 4.69) is 26.1 Å². The van der Waals surface area contributed by atoms with Crippen LogP contribution in [0.3, 0.4) is 0 Å². The lowest BCUT2D eigenvalue weighted by Crippen LogP contribution is -2.47. The van der Waals surface area contributed by atoms with E-state index in [1.54, 1.807) is 0 Å². The highest BCUT2D eigenvalue weighted by atomic mass is 32.2. The van der Waals surface area contributed by atoms with Crippen LogP contribution in [-0.4, -0.2) is 34.7 Å². The van der Waals surface area contributed by atoms with E-state index in [9.17, 15) is 9.90 Å². The molecule has 1 amide bonds. The zero-order valence-electron chi connectivity index (χ0n) is 11.9. The van der Waals surface area contributed by atoms with Gasteiger partial charge in [0.05, 0.1) is 5.60 Å². The summed E-state index contributed by atoms with van der Waals surface area (Å²) in [6, 6.07) is 0. The minimum atomic E-state index is -0.672. The van der Waals surface area contributed by atoms with Crippen LogP contribution in [0, 0.1) is 11.8 Å². The highest BCUT2D eigenvalue weighted by Gasteiger charge is 2.31. The summed E-state index contributed by atoms with van der Waals surface area (Å²) in [5.74, 6) is 2.54. The molecule has 2 N–H and O–H groups in total. The predicted octanol–water partition coefficient (Wildman–Crippen LogP) is 2.43. The second-order valence-corrected chi connectivity index (χ2v) is 6.92.